The molecule has 0 spiro atoms. The summed E-state index contributed by atoms with van der Waals surface area (Å²) in [5.74, 6) is 2.38. The number of benzene rings is 2. The standard InChI is InChI=1S/C30H40N8O2/c1-19(2)40-24-15-16-26-25(17-24)31-29(37(26)6)38(23-13-11-22(12-14-23)30(3,4)5)18-20-7-9-21(10-8-20)27(39)32-28-33-35-36-34-28/h7-10,15-17,19,22-23H,11-14,18H2,1-6H3,(H2,32,33,34,35,36,39). The molecule has 2 heterocycles. The number of H-pyrrole nitrogens is 1. The van der Waals surface area contributed by atoms with E-state index in [2.05, 4.69) is 69.3 Å². The fraction of sp³-hybridized carbons (Fsp3) is 0.500. The number of nitrogens with one attached hydrogen (secondary N) is 2. The predicted molar refractivity (Wildman–Crippen MR) is 156 cm³/mol. The van der Waals surface area contributed by atoms with Gasteiger partial charge in [0, 0.05) is 31.3 Å². The molecule has 10 heteroatoms. The Kier molecular flexibility index (Phi) is 7.78. The molecular weight excluding hydrogens is 504 g/mol. The molecule has 0 radical (unpaired) electrons. The number of hydrogen-bond donors (Lipinski definition) is 2. The second-order valence-corrected chi connectivity index (χ2v) is 12.2. The molecule has 1 aliphatic rings. The highest BCUT2D eigenvalue weighted by Gasteiger charge is 2.33. The Labute approximate surface area is 235 Å². The van der Waals surface area contributed by atoms with Crippen LogP contribution in [0.3, 0.4) is 0 Å². The molecule has 2 aromatic carbocycles. The molecule has 212 valence electrons. The van der Waals surface area contributed by atoms with Gasteiger partial charge in [-0.25, -0.2) is 4.98 Å². The number of aryl methyl sites for hydroxylation is 1. The van der Waals surface area contributed by atoms with Crippen LogP contribution in [0.1, 0.15) is 76.2 Å². The number of aromatic nitrogens is 6. The van der Waals surface area contributed by atoms with Gasteiger partial charge in [0.05, 0.1) is 17.1 Å². The third-order valence-corrected chi connectivity index (χ3v) is 7.96. The van der Waals surface area contributed by atoms with Gasteiger partial charge in [-0.05, 0) is 85.9 Å². The number of aromatic amines is 1. The van der Waals surface area contributed by atoms with Crippen LogP contribution in [0.4, 0.5) is 11.9 Å². The lowest BCUT2D eigenvalue weighted by Gasteiger charge is -2.41. The van der Waals surface area contributed by atoms with Gasteiger partial charge in [-0.1, -0.05) is 38.0 Å². The van der Waals surface area contributed by atoms with E-state index >= 15 is 0 Å². The minimum absolute atomic E-state index is 0.104. The highest BCUT2D eigenvalue weighted by molar-refractivity contribution is 6.03. The fourth-order valence-corrected chi connectivity index (χ4v) is 5.73. The van der Waals surface area contributed by atoms with Crippen molar-refractivity contribution < 1.29 is 9.53 Å². The molecule has 2 aromatic heterocycles. The number of carbonyl (C=O) groups is 1. The van der Waals surface area contributed by atoms with Gasteiger partial charge in [-0.2, -0.15) is 5.21 Å². The summed E-state index contributed by atoms with van der Waals surface area (Å²) in [6.07, 6.45) is 4.76. The lowest BCUT2D eigenvalue weighted by molar-refractivity contribution is 0.102. The molecule has 0 bridgehead atoms. The van der Waals surface area contributed by atoms with E-state index in [-0.39, 0.29) is 18.0 Å². The SMILES string of the molecule is CC(C)Oc1ccc2c(c1)nc(N(Cc1ccc(C(=O)Nc3nn[nH]n3)cc1)C1CCC(C(C)(C)C)CC1)n2C. The molecule has 10 nitrogen and oxygen atoms in total. The number of tetrazole rings is 1. The first-order chi connectivity index (χ1) is 19.1. The Morgan fingerprint density at radius 3 is 2.48 bits per heavy atom. The number of fused-ring (bicyclic) bond motifs is 1. The van der Waals surface area contributed by atoms with Gasteiger partial charge in [0.15, 0.2) is 0 Å². The van der Waals surface area contributed by atoms with Crippen molar-refractivity contribution in [1.29, 1.82) is 0 Å². The summed E-state index contributed by atoms with van der Waals surface area (Å²) in [7, 11) is 2.09. The molecule has 0 aliphatic heterocycles. The Morgan fingerprint density at radius 2 is 1.85 bits per heavy atom. The van der Waals surface area contributed by atoms with Crippen molar-refractivity contribution in [2.24, 2.45) is 18.4 Å². The third-order valence-electron chi connectivity index (χ3n) is 7.96. The summed E-state index contributed by atoms with van der Waals surface area (Å²) in [5.41, 5.74) is 3.97. The van der Waals surface area contributed by atoms with E-state index in [9.17, 15) is 4.79 Å². The lowest BCUT2D eigenvalue weighted by Crippen LogP contribution is -2.41. The van der Waals surface area contributed by atoms with E-state index in [4.69, 9.17) is 9.72 Å². The summed E-state index contributed by atoms with van der Waals surface area (Å²) in [6.45, 7) is 11.8. The first kappa shape index (κ1) is 27.6. The van der Waals surface area contributed by atoms with Gasteiger partial charge in [0.1, 0.15) is 5.75 Å². The summed E-state index contributed by atoms with van der Waals surface area (Å²) >= 11 is 0. The van der Waals surface area contributed by atoms with Crippen LogP contribution in [0.25, 0.3) is 11.0 Å². The van der Waals surface area contributed by atoms with Crippen molar-refractivity contribution in [3.05, 3.63) is 53.6 Å². The molecule has 1 fully saturated rings. The topological polar surface area (TPSA) is 114 Å². The minimum atomic E-state index is -0.278. The van der Waals surface area contributed by atoms with Crippen molar-refractivity contribution in [3.8, 4) is 5.75 Å². The van der Waals surface area contributed by atoms with Crippen molar-refractivity contribution in [1.82, 2.24) is 30.2 Å². The van der Waals surface area contributed by atoms with E-state index < -0.39 is 0 Å². The van der Waals surface area contributed by atoms with Crippen molar-refractivity contribution >= 4 is 28.8 Å². The molecule has 40 heavy (non-hydrogen) atoms. The van der Waals surface area contributed by atoms with Crippen LogP contribution >= 0.6 is 0 Å². The molecule has 1 saturated carbocycles. The van der Waals surface area contributed by atoms with Gasteiger partial charge in [0.2, 0.25) is 5.95 Å². The van der Waals surface area contributed by atoms with E-state index in [1.54, 1.807) is 0 Å². The van der Waals surface area contributed by atoms with E-state index in [0.29, 0.717) is 23.6 Å². The van der Waals surface area contributed by atoms with Crippen LogP contribution in [-0.2, 0) is 13.6 Å². The predicted octanol–water partition coefficient (Wildman–Crippen LogP) is 5.74. The molecule has 1 aliphatic carbocycles. The van der Waals surface area contributed by atoms with E-state index in [0.717, 1.165) is 47.1 Å². The third kappa shape index (κ3) is 6.11. The highest BCUT2D eigenvalue weighted by atomic mass is 16.5. The maximum absolute atomic E-state index is 12.6. The zero-order valence-electron chi connectivity index (χ0n) is 24.3. The number of carbonyl (C=O) groups excluding carboxylic acids is 1. The molecule has 1 amide bonds. The number of anilines is 2. The van der Waals surface area contributed by atoms with E-state index in [1.807, 2.05) is 50.2 Å². The Hall–Kier alpha value is -3.95. The normalized spacial score (nSPS) is 17.8. The smallest absolute Gasteiger partial charge is 0.270 e. The molecule has 0 saturated heterocycles. The van der Waals surface area contributed by atoms with Crippen LogP contribution < -0.4 is 15.0 Å². The van der Waals surface area contributed by atoms with Gasteiger partial charge in [-0.15, -0.1) is 5.10 Å². The molecule has 0 unspecified atom stereocenters. The molecular formula is C30H40N8O2. The number of amides is 1. The minimum Gasteiger partial charge on any atom is -0.491 e. The van der Waals surface area contributed by atoms with Gasteiger partial charge in [0.25, 0.3) is 11.9 Å². The summed E-state index contributed by atoms with van der Waals surface area (Å²) in [6, 6.07) is 14.2. The maximum Gasteiger partial charge on any atom is 0.270 e. The van der Waals surface area contributed by atoms with Crippen LogP contribution in [0.2, 0.25) is 0 Å². The molecule has 2 N–H and O–H groups in total. The first-order valence-corrected chi connectivity index (χ1v) is 14.1. The number of rotatable bonds is 8. The quantitative estimate of drug-likeness (QED) is 0.291. The van der Waals surface area contributed by atoms with Gasteiger partial charge >= 0.3 is 0 Å². The monoisotopic (exact) mass is 544 g/mol. The number of ether oxygens (including phenoxy) is 1. The second-order valence-electron chi connectivity index (χ2n) is 12.2. The van der Waals surface area contributed by atoms with Crippen molar-refractivity contribution in [2.75, 3.05) is 10.2 Å². The zero-order chi connectivity index (χ0) is 28.4. The van der Waals surface area contributed by atoms with Crippen LogP contribution in [-0.4, -0.2) is 48.2 Å². The largest absolute Gasteiger partial charge is 0.491 e. The number of imidazole rings is 1. The Balaban J connectivity index is 1.42. The number of hydrogen-bond acceptors (Lipinski definition) is 7. The average molecular weight is 545 g/mol. The fourth-order valence-electron chi connectivity index (χ4n) is 5.73. The molecule has 5 rings (SSSR count). The Bertz CT molecular complexity index is 1430. The Morgan fingerprint density at radius 1 is 1.12 bits per heavy atom. The van der Waals surface area contributed by atoms with Crippen LogP contribution in [0, 0.1) is 11.3 Å². The summed E-state index contributed by atoms with van der Waals surface area (Å²) in [5, 5.41) is 16.0. The van der Waals surface area contributed by atoms with Gasteiger partial charge in [-0.3, -0.25) is 10.1 Å². The number of nitrogens with zero attached hydrogens (tertiary/aromatic N) is 6. The first-order valence-electron chi connectivity index (χ1n) is 14.1. The summed E-state index contributed by atoms with van der Waals surface area (Å²) in [4.78, 5) is 20.2. The van der Waals surface area contributed by atoms with Crippen LogP contribution in [0.15, 0.2) is 42.5 Å². The maximum atomic E-state index is 12.6. The zero-order valence-corrected chi connectivity index (χ0v) is 24.3. The highest BCUT2D eigenvalue weighted by Crippen LogP contribution is 2.40. The average Bonchev–Trinajstić information content (AvgIpc) is 3.54. The van der Waals surface area contributed by atoms with E-state index in [1.165, 1.54) is 12.8 Å². The summed E-state index contributed by atoms with van der Waals surface area (Å²) < 4.78 is 8.13. The van der Waals surface area contributed by atoms with Gasteiger partial charge < -0.3 is 14.2 Å². The van der Waals surface area contributed by atoms with Crippen molar-refractivity contribution in [3.63, 3.8) is 0 Å². The lowest BCUT2D eigenvalue weighted by atomic mass is 9.71. The second kappa shape index (κ2) is 11.3. The molecule has 0 atom stereocenters. The molecule has 4 aromatic rings. The van der Waals surface area contributed by atoms with Crippen LogP contribution in [0.5, 0.6) is 5.75 Å². The van der Waals surface area contributed by atoms with Crippen molar-refractivity contribution in [2.45, 2.75) is 79.0 Å².